The number of hydrogen-bond acceptors (Lipinski definition) is 4. The van der Waals surface area contributed by atoms with Crippen molar-refractivity contribution in [1.29, 1.82) is 0 Å². The number of rotatable bonds is 5. The van der Waals surface area contributed by atoms with Crippen molar-refractivity contribution in [2.45, 2.75) is 26.8 Å². The van der Waals surface area contributed by atoms with Gasteiger partial charge in [0.25, 0.3) is 0 Å². The van der Waals surface area contributed by atoms with E-state index in [4.69, 9.17) is 0 Å². The van der Waals surface area contributed by atoms with Crippen molar-refractivity contribution in [3.05, 3.63) is 64.7 Å². The van der Waals surface area contributed by atoms with Crippen LogP contribution in [0.4, 0.5) is 5.69 Å². The molecule has 0 aromatic heterocycles. The molecule has 2 aromatic carbocycles. The highest BCUT2D eigenvalue weighted by Gasteiger charge is 2.35. The number of carbonyl (C=O) groups excluding carboxylic acids is 2. The molecule has 0 aliphatic carbocycles. The Kier molecular flexibility index (Phi) is 6.11. The summed E-state index contributed by atoms with van der Waals surface area (Å²) in [6.45, 7) is 6.53. The Morgan fingerprint density at radius 1 is 1.11 bits per heavy atom. The molecule has 0 bridgehead atoms. The number of benzene rings is 2. The SMILES string of the molecule is Cc1cc(C)c(NC(=O)CN(C)C(=O)C2CNNC2c2ccccc2)c(C)c1. The number of hydrazine groups is 1. The second-order valence-electron chi connectivity index (χ2n) is 7.54. The summed E-state index contributed by atoms with van der Waals surface area (Å²) in [6.07, 6.45) is 0. The molecule has 6 heteroatoms. The van der Waals surface area contributed by atoms with Crippen molar-refractivity contribution in [1.82, 2.24) is 15.8 Å². The summed E-state index contributed by atoms with van der Waals surface area (Å²) in [5, 5.41) is 2.96. The molecule has 2 atom stereocenters. The van der Waals surface area contributed by atoms with Crippen LogP contribution in [-0.2, 0) is 9.59 Å². The molecule has 0 spiro atoms. The van der Waals surface area contributed by atoms with Gasteiger partial charge in [-0.3, -0.25) is 15.0 Å². The van der Waals surface area contributed by atoms with Crippen LogP contribution in [0.15, 0.2) is 42.5 Å². The molecule has 2 aromatic rings. The molecule has 1 heterocycles. The quantitative estimate of drug-likeness (QED) is 0.745. The van der Waals surface area contributed by atoms with Crippen LogP contribution in [0.1, 0.15) is 28.3 Å². The second-order valence-corrected chi connectivity index (χ2v) is 7.54. The van der Waals surface area contributed by atoms with Crippen LogP contribution < -0.4 is 16.2 Å². The minimum absolute atomic E-state index is 0.0175. The molecule has 28 heavy (non-hydrogen) atoms. The molecule has 0 saturated carbocycles. The fourth-order valence-corrected chi connectivity index (χ4v) is 3.84. The fraction of sp³-hybridized carbons (Fsp3) is 0.364. The third-order valence-corrected chi connectivity index (χ3v) is 5.16. The lowest BCUT2D eigenvalue weighted by molar-refractivity contribution is -0.136. The van der Waals surface area contributed by atoms with E-state index in [0.717, 1.165) is 27.9 Å². The van der Waals surface area contributed by atoms with Crippen molar-refractivity contribution in [2.24, 2.45) is 5.92 Å². The van der Waals surface area contributed by atoms with Gasteiger partial charge in [0.15, 0.2) is 0 Å². The van der Waals surface area contributed by atoms with E-state index in [0.29, 0.717) is 6.54 Å². The molecule has 1 fully saturated rings. The number of nitrogens with zero attached hydrogens (tertiary/aromatic N) is 1. The summed E-state index contributed by atoms with van der Waals surface area (Å²) >= 11 is 0. The second kappa shape index (κ2) is 8.54. The van der Waals surface area contributed by atoms with Crippen LogP contribution in [0.5, 0.6) is 0 Å². The number of carbonyl (C=O) groups is 2. The maximum atomic E-state index is 13.0. The van der Waals surface area contributed by atoms with Gasteiger partial charge in [-0.2, -0.15) is 0 Å². The zero-order valence-corrected chi connectivity index (χ0v) is 16.9. The highest BCUT2D eigenvalue weighted by Crippen LogP contribution is 2.26. The van der Waals surface area contributed by atoms with Crippen LogP contribution in [0, 0.1) is 26.7 Å². The predicted octanol–water partition coefficient (Wildman–Crippen LogP) is 2.47. The average Bonchev–Trinajstić information content (AvgIpc) is 3.14. The first-order valence-corrected chi connectivity index (χ1v) is 9.53. The van der Waals surface area contributed by atoms with E-state index in [2.05, 4.69) is 16.2 Å². The van der Waals surface area contributed by atoms with Gasteiger partial charge in [-0.1, -0.05) is 48.0 Å². The Morgan fingerprint density at radius 2 is 1.75 bits per heavy atom. The molecular weight excluding hydrogens is 352 g/mol. The molecule has 3 rings (SSSR count). The van der Waals surface area contributed by atoms with Gasteiger partial charge >= 0.3 is 0 Å². The summed E-state index contributed by atoms with van der Waals surface area (Å²) in [4.78, 5) is 27.0. The lowest BCUT2D eigenvalue weighted by atomic mass is 9.94. The summed E-state index contributed by atoms with van der Waals surface area (Å²) < 4.78 is 0. The van der Waals surface area contributed by atoms with Gasteiger partial charge in [0, 0.05) is 19.3 Å². The minimum atomic E-state index is -0.261. The fourth-order valence-electron chi connectivity index (χ4n) is 3.84. The Balaban J connectivity index is 1.65. The summed E-state index contributed by atoms with van der Waals surface area (Å²) in [7, 11) is 1.68. The van der Waals surface area contributed by atoms with E-state index < -0.39 is 0 Å². The van der Waals surface area contributed by atoms with Crippen molar-refractivity contribution in [3.63, 3.8) is 0 Å². The number of nitrogens with one attached hydrogen (secondary N) is 3. The third-order valence-electron chi connectivity index (χ3n) is 5.16. The normalized spacial score (nSPS) is 18.7. The highest BCUT2D eigenvalue weighted by molar-refractivity contribution is 5.96. The standard InChI is InChI=1S/C22H28N4O2/c1-14-10-15(2)20(16(3)11-14)24-19(27)13-26(4)22(28)18-12-23-25-21(18)17-8-6-5-7-9-17/h5-11,18,21,23,25H,12-13H2,1-4H3,(H,24,27). The molecular formula is C22H28N4O2. The number of hydrogen-bond donors (Lipinski definition) is 3. The van der Waals surface area contributed by atoms with Crippen molar-refractivity contribution in [2.75, 3.05) is 25.5 Å². The molecule has 1 aliphatic rings. The molecule has 3 N–H and O–H groups in total. The lowest BCUT2D eigenvalue weighted by Crippen LogP contribution is -2.41. The first-order valence-electron chi connectivity index (χ1n) is 9.53. The molecule has 148 valence electrons. The lowest BCUT2D eigenvalue weighted by Gasteiger charge is -2.24. The summed E-state index contributed by atoms with van der Waals surface area (Å²) in [5.74, 6) is -0.511. The van der Waals surface area contributed by atoms with Gasteiger partial charge in [-0.15, -0.1) is 0 Å². The Hall–Kier alpha value is -2.70. The average molecular weight is 380 g/mol. The first-order chi connectivity index (χ1) is 13.4. The third kappa shape index (κ3) is 4.40. The Bertz CT molecular complexity index is 843. The minimum Gasteiger partial charge on any atom is -0.336 e. The largest absolute Gasteiger partial charge is 0.336 e. The van der Waals surface area contributed by atoms with Crippen molar-refractivity contribution < 1.29 is 9.59 Å². The molecule has 0 radical (unpaired) electrons. The van der Waals surface area contributed by atoms with Crippen LogP contribution in [0.3, 0.4) is 0 Å². The number of likely N-dealkylation sites (N-methyl/N-ethyl adjacent to an activating group) is 1. The van der Waals surface area contributed by atoms with Gasteiger partial charge in [-0.05, 0) is 37.5 Å². The highest BCUT2D eigenvalue weighted by atomic mass is 16.2. The maximum absolute atomic E-state index is 13.0. The number of anilines is 1. The smallest absolute Gasteiger partial charge is 0.243 e. The molecule has 6 nitrogen and oxygen atoms in total. The van der Waals surface area contributed by atoms with E-state index >= 15 is 0 Å². The van der Waals surface area contributed by atoms with E-state index in [9.17, 15) is 9.59 Å². The van der Waals surface area contributed by atoms with Crippen LogP contribution in [-0.4, -0.2) is 36.9 Å². The Labute approximate surface area is 166 Å². The summed E-state index contributed by atoms with van der Waals surface area (Å²) in [5.41, 5.74) is 11.3. The number of aryl methyl sites for hydroxylation is 3. The van der Waals surface area contributed by atoms with E-state index in [1.165, 1.54) is 4.90 Å². The van der Waals surface area contributed by atoms with E-state index in [1.807, 2.05) is 63.2 Å². The number of amides is 2. The predicted molar refractivity (Wildman–Crippen MR) is 111 cm³/mol. The molecule has 1 saturated heterocycles. The van der Waals surface area contributed by atoms with Gasteiger partial charge in [0.1, 0.15) is 0 Å². The van der Waals surface area contributed by atoms with E-state index in [1.54, 1.807) is 7.05 Å². The molecule has 2 amide bonds. The van der Waals surface area contributed by atoms with Crippen LogP contribution in [0.25, 0.3) is 0 Å². The molecule has 1 aliphatic heterocycles. The van der Waals surface area contributed by atoms with Crippen LogP contribution >= 0.6 is 0 Å². The zero-order chi connectivity index (χ0) is 20.3. The topological polar surface area (TPSA) is 73.5 Å². The van der Waals surface area contributed by atoms with Gasteiger partial charge in [0.05, 0.1) is 18.5 Å². The first kappa shape index (κ1) is 20.0. The zero-order valence-electron chi connectivity index (χ0n) is 16.9. The molecule has 2 unspecified atom stereocenters. The van der Waals surface area contributed by atoms with Crippen molar-refractivity contribution >= 4 is 17.5 Å². The van der Waals surface area contributed by atoms with Gasteiger partial charge in [0.2, 0.25) is 11.8 Å². The summed E-state index contributed by atoms with van der Waals surface area (Å²) in [6, 6.07) is 13.8. The van der Waals surface area contributed by atoms with Crippen molar-refractivity contribution in [3.8, 4) is 0 Å². The van der Waals surface area contributed by atoms with Crippen LogP contribution in [0.2, 0.25) is 0 Å². The van der Waals surface area contributed by atoms with E-state index in [-0.39, 0.29) is 30.3 Å². The Morgan fingerprint density at radius 3 is 2.39 bits per heavy atom. The van der Waals surface area contributed by atoms with Gasteiger partial charge in [-0.25, -0.2) is 5.43 Å². The monoisotopic (exact) mass is 380 g/mol. The maximum Gasteiger partial charge on any atom is 0.243 e. The van der Waals surface area contributed by atoms with Gasteiger partial charge < -0.3 is 10.2 Å².